The first kappa shape index (κ1) is 25.1. The number of ether oxygens (including phenoxy) is 2. The molecule has 1 fully saturated rings. The monoisotopic (exact) mass is 451 g/mol. The van der Waals surface area contributed by atoms with Crippen LogP contribution in [0, 0.1) is 0 Å². The number of hydroxylamine groups is 2. The Morgan fingerprint density at radius 2 is 2.06 bits per heavy atom. The van der Waals surface area contributed by atoms with E-state index in [-0.39, 0.29) is 24.0 Å². The van der Waals surface area contributed by atoms with Gasteiger partial charge in [-0.3, -0.25) is 9.78 Å². The highest BCUT2D eigenvalue weighted by atomic mass is 19.1. The van der Waals surface area contributed by atoms with E-state index in [2.05, 4.69) is 4.74 Å². The predicted octanol–water partition coefficient (Wildman–Crippen LogP) is -2.07. The number of hydrogen-bond acceptors (Lipinski definition) is 11. The maximum Gasteiger partial charge on any atom is 0.345 e. The van der Waals surface area contributed by atoms with Crippen molar-refractivity contribution in [3.63, 3.8) is 0 Å². The summed E-state index contributed by atoms with van der Waals surface area (Å²) in [5.41, 5.74) is -6.88. The molecule has 1 aromatic heterocycles. The third-order valence-electron chi connectivity index (χ3n) is 4.91. The summed E-state index contributed by atoms with van der Waals surface area (Å²) in [5, 5.41) is 51.9. The molecule has 2 rings (SSSR count). The van der Waals surface area contributed by atoms with Gasteiger partial charge in [0.2, 0.25) is 5.72 Å². The van der Waals surface area contributed by atoms with Gasteiger partial charge in [0.1, 0.15) is 17.8 Å². The van der Waals surface area contributed by atoms with E-state index in [1.807, 2.05) is 0 Å². The number of alkyl halides is 1. The van der Waals surface area contributed by atoms with Crippen molar-refractivity contribution < 1.29 is 44.3 Å². The second-order valence-corrected chi connectivity index (χ2v) is 6.93. The number of aliphatic hydroxyl groups is 4. The Hall–Kier alpha value is -2.20. The van der Waals surface area contributed by atoms with Crippen molar-refractivity contribution in [2.45, 2.75) is 63.2 Å². The molecule has 6 N–H and O–H groups in total. The summed E-state index contributed by atoms with van der Waals surface area (Å²) in [6, 6.07) is 0. The van der Waals surface area contributed by atoms with E-state index in [1.54, 1.807) is 11.9 Å². The van der Waals surface area contributed by atoms with Gasteiger partial charge in [0.05, 0.1) is 13.2 Å². The molecule has 1 aliphatic heterocycles. The molecule has 0 amide bonds. The molecule has 0 saturated carbocycles. The van der Waals surface area contributed by atoms with Crippen LogP contribution in [0.25, 0.3) is 0 Å². The zero-order chi connectivity index (χ0) is 23.6. The second-order valence-electron chi connectivity index (χ2n) is 6.93. The van der Waals surface area contributed by atoms with Crippen molar-refractivity contribution in [2.24, 2.45) is 0 Å². The fraction of sp³-hybridized carbons (Fsp3) is 0.706. The number of unbranched alkanes of at least 4 members (excludes halogenated alkanes) is 1. The number of nitrogens with zero attached hydrogens (tertiary/aromatic N) is 2. The molecule has 176 valence electrons. The second kappa shape index (κ2) is 9.52. The Balaban J connectivity index is 2.68. The maximum absolute atomic E-state index is 14.6. The van der Waals surface area contributed by atoms with Crippen LogP contribution in [0.3, 0.4) is 0 Å². The minimum absolute atomic E-state index is 0.0787. The summed E-state index contributed by atoms with van der Waals surface area (Å²) >= 11 is 0. The molecule has 0 radical (unpaired) electrons. The van der Waals surface area contributed by atoms with Crippen molar-refractivity contribution in [3.05, 3.63) is 32.6 Å². The van der Waals surface area contributed by atoms with Crippen LogP contribution in [-0.2, 0) is 15.4 Å². The van der Waals surface area contributed by atoms with E-state index in [1.165, 1.54) is 6.92 Å². The number of nitrogens with one attached hydrogen (secondary N) is 1. The average molecular weight is 451 g/mol. The molecule has 0 aliphatic carbocycles. The molecule has 1 aromatic rings. The lowest BCUT2D eigenvalue weighted by Crippen LogP contribution is -2.70. The van der Waals surface area contributed by atoms with Gasteiger partial charge in [-0.15, -0.1) is 5.06 Å². The highest BCUT2D eigenvalue weighted by Gasteiger charge is 2.71. The van der Waals surface area contributed by atoms with Crippen LogP contribution in [0.4, 0.5) is 4.39 Å². The molecule has 1 aliphatic rings. The highest BCUT2D eigenvalue weighted by Crippen LogP contribution is 2.44. The number of carbonyl (C=O) groups is 1. The van der Waals surface area contributed by atoms with Crippen molar-refractivity contribution in [3.8, 4) is 0 Å². The lowest BCUT2D eigenvalue weighted by Gasteiger charge is -2.43. The van der Waals surface area contributed by atoms with Gasteiger partial charge in [-0.05, 0) is 19.8 Å². The molecule has 5 atom stereocenters. The zero-order valence-corrected chi connectivity index (χ0v) is 16.9. The SMILES string of the molecule is CCCCC(F)N(O)[C@@]1(O)[C@H](O)[C@@H](CO)O[C@]1(O)n1cc(C(=O)OCC)c(=O)[nH]c1=O. The summed E-state index contributed by atoms with van der Waals surface area (Å²) in [4.78, 5) is 38.1. The third-order valence-corrected chi connectivity index (χ3v) is 4.91. The first-order valence-corrected chi connectivity index (χ1v) is 9.56. The molecule has 14 heteroatoms. The normalized spacial score (nSPS) is 29.3. The van der Waals surface area contributed by atoms with Crippen molar-refractivity contribution in [1.29, 1.82) is 0 Å². The van der Waals surface area contributed by atoms with Crippen LogP contribution in [0.5, 0.6) is 0 Å². The number of hydrogen-bond donors (Lipinski definition) is 6. The van der Waals surface area contributed by atoms with Crippen LogP contribution in [-0.4, -0.2) is 83.7 Å². The summed E-state index contributed by atoms with van der Waals surface area (Å²) < 4.78 is 24.4. The first-order chi connectivity index (χ1) is 14.5. The molecule has 31 heavy (non-hydrogen) atoms. The fourth-order valence-corrected chi connectivity index (χ4v) is 3.23. The third kappa shape index (κ3) is 4.15. The summed E-state index contributed by atoms with van der Waals surface area (Å²) in [6.07, 6.45) is -5.59. The minimum Gasteiger partial charge on any atom is -0.462 e. The number of esters is 1. The minimum atomic E-state index is -3.45. The number of aromatic nitrogens is 2. The highest BCUT2D eigenvalue weighted by molar-refractivity contribution is 5.88. The Bertz CT molecular complexity index is 907. The molecule has 1 saturated heterocycles. The lowest BCUT2D eigenvalue weighted by molar-refractivity contribution is -0.428. The van der Waals surface area contributed by atoms with Gasteiger partial charge < -0.3 is 35.1 Å². The Morgan fingerprint density at radius 1 is 1.42 bits per heavy atom. The summed E-state index contributed by atoms with van der Waals surface area (Å²) in [7, 11) is 0. The number of rotatable bonds is 9. The molecule has 1 unspecified atom stereocenters. The van der Waals surface area contributed by atoms with Crippen molar-refractivity contribution in [1.82, 2.24) is 14.6 Å². The van der Waals surface area contributed by atoms with Gasteiger partial charge in [0.25, 0.3) is 5.56 Å². The van der Waals surface area contributed by atoms with Crippen molar-refractivity contribution >= 4 is 5.97 Å². The smallest absolute Gasteiger partial charge is 0.345 e. The van der Waals surface area contributed by atoms with Gasteiger partial charge in [0, 0.05) is 6.20 Å². The predicted molar refractivity (Wildman–Crippen MR) is 98.4 cm³/mol. The average Bonchev–Trinajstić information content (AvgIpc) is 2.93. The molecule has 0 spiro atoms. The van der Waals surface area contributed by atoms with Crippen LogP contribution in [0.2, 0.25) is 0 Å². The van der Waals surface area contributed by atoms with Crippen molar-refractivity contribution in [2.75, 3.05) is 13.2 Å². The standard InChI is InChI=1S/C17H26FN3O10/c1-3-5-6-11(18)21(29)16(27)12(23)10(8-22)31-17(16,28)20-7-9(14(25)30-4-2)13(24)19-15(20)26/h7,10-12,22-23,27-29H,3-6,8H2,1-2H3,(H,19,24,26)/t10-,11?,12-,16-,17+/m1/s1. The molecule has 0 aromatic carbocycles. The van der Waals surface area contributed by atoms with Gasteiger partial charge >= 0.3 is 17.6 Å². The van der Waals surface area contributed by atoms with E-state index in [4.69, 9.17) is 4.74 Å². The molecule has 13 nitrogen and oxygen atoms in total. The van der Waals surface area contributed by atoms with Crippen LogP contribution < -0.4 is 11.2 Å². The Kier molecular flexibility index (Phi) is 7.70. The summed E-state index contributed by atoms with van der Waals surface area (Å²) in [5.74, 6) is -4.65. The lowest BCUT2D eigenvalue weighted by atomic mass is 10.00. The molecule has 2 heterocycles. The number of carbonyl (C=O) groups excluding carboxylic acids is 1. The van der Waals surface area contributed by atoms with Crippen LogP contribution in [0.1, 0.15) is 43.5 Å². The topological polar surface area (TPSA) is 195 Å². The molecule has 0 bridgehead atoms. The van der Waals surface area contributed by atoms with E-state index in [0.717, 1.165) is 0 Å². The van der Waals surface area contributed by atoms with E-state index in [0.29, 0.717) is 12.6 Å². The first-order valence-electron chi connectivity index (χ1n) is 9.56. The number of aliphatic hydroxyl groups excluding tert-OH is 2. The number of aromatic amines is 1. The van der Waals surface area contributed by atoms with Gasteiger partial charge in [0.15, 0.2) is 6.30 Å². The van der Waals surface area contributed by atoms with Gasteiger partial charge in [-0.1, -0.05) is 13.3 Å². The fourth-order valence-electron chi connectivity index (χ4n) is 3.23. The Labute approximate surface area is 174 Å². The number of halogens is 1. The van der Waals surface area contributed by atoms with Crippen LogP contribution in [0.15, 0.2) is 15.8 Å². The van der Waals surface area contributed by atoms with Gasteiger partial charge in [-0.2, -0.15) is 0 Å². The zero-order valence-electron chi connectivity index (χ0n) is 16.9. The van der Waals surface area contributed by atoms with Crippen LogP contribution >= 0.6 is 0 Å². The van der Waals surface area contributed by atoms with E-state index in [9.17, 15) is 44.4 Å². The molecular weight excluding hydrogens is 425 g/mol. The van der Waals surface area contributed by atoms with Gasteiger partial charge in [-0.25, -0.2) is 18.5 Å². The van der Waals surface area contributed by atoms with E-state index >= 15 is 0 Å². The quantitative estimate of drug-likeness (QED) is 0.104. The number of H-pyrrole nitrogens is 1. The summed E-state index contributed by atoms with van der Waals surface area (Å²) in [6.45, 7) is 2.01. The Morgan fingerprint density at radius 3 is 2.61 bits per heavy atom. The maximum atomic E-state index is 14.6. The van der Waals surface area contributed by atoms with E-state index < -0.39 is 64.6 Å². The molecular formula is C17H26FN3O10. The largest absolute Gasteiger partial charge is 0.462 e.